The molecule has 0 saturated heterocycles. The van der Waals surface area contributed by atoms with Crippen LogP contribution < -0.4 is 20.6 Å². The third-order valence-electron chi connectivity index (χ3n) is 18.3. The van der Waals surface area contributed by atoms with Crippen molar-refractivity contribution in [3.63, 3.8) is 0 Å². The fraction of sp³-hybridized carbons (Fsp3) is 0.333. The van der Waals surface area contributed by atoms with Crippen LogP contribution in [0.2, 0.25) is 0 Å². The van der Waals surface area contributed by atoms with Crippen LogP contribution in [0.25, 0.3) is 60.6 Å². The van der Waals surface area contributed by atoms with Gasteiger partial charge in [-0.25, -0.2) is 0 Å². The average Bonchev–Trinajstić information content (AvgIpc) is 2.57. The van der Waals surface area contributed by atoms with E-state index in [0.717, 1.165) is 46.5 Å². The molecule has 77 heavy (non-hydrogen) atoms. The molecule has 0 spiro atoms. The fourth-order valence-electron chi connectivity index (χ4n) is 13.5. The van der Waals surface area contributed by atoms with Crippen molar-refractivity contribution in [1.82, 2.24) is 4.57 Å². The number of nitrogens with zero attached hydrogens (tertiary/aromatic N) is 3. The molecule has 5 heteroatoms. The molecule has 0 unspecified atom stereocenters. The van der Waals surface area contributed by atoms with Crippen LogP contribution in [0, 0.1) is 0 Å². The molecule has 4 heterocycles. The summed E-state index contributed by atoms with van der Waals surface area (Å²) < 4.78 is 10.1. The van der Waals surface area contributed by atoms with Crippen LogP contribution in [0.5, 0.6) is 0 Å². The summed E-state index contributed by atoms with van der Waals surface area (Å²) in [5.41, 5.74) is 24.7. The second-order valence-corrected chi connectivity index (χ2v) is 28.6. The zero-order valence-electron chi connectivity index (χ0n) is 48.6. The van der Waals surface area contributed by atoms with Crippen LogP contribution in [-0.4, -0.2) is 11.4 Å². The summed E-state index contributed by atoms with van der Waals surface area (Å²) in [5.74, 6) is 0. The molecule has 0 amide bonds. The van der Waals surface area contributed by atoms with Crippen molar-refractivity contribution in [3.05, 3.63) is 179 Å². The number of fused-ring (bicyclic) bond motifs is 14. The lowest BCUT2D eigenvalue weighted by Gasteiger charge is -2.43. The van der Waals surface area contributed by atoms with Crippen molar-refractivity contribution in [1.29, 1.82) is 0 Å². The summed E-state index contributed by atoms with van der Waals surface area (Å²) in [4.78, 5) is 5.17. The largest absolute Gasteiger partial charge is 0.455 e. The SMILES string of the molecule is CC(C)(C)c1ccc(N2B3c4cc(C(C)(C)C)ccc4-n4c5cc6c(cc5c5c7oc8ccccc8c7c(c3c54)-c3cc(N(c4ccc(C(C)(C)C)cc4)c4ccc(C(C)(C)C)cc4)ccc32)C(C)(C)CCC6(C)C)cc1. The molecular formula is C72H76BN3O. The van der Waals surface area contributed by atoms with Gasteiger partial charge in [-0.1, -0.05) is 178 Å². The molecule has 1 aliphatic carbocycles. The number of rotatable bonds is 4. The van der Waals surface area contributed by atoms with E-state index in [0.29, 0.717) is 0 Å². The van der Waals surface area contributed by atoms with Gasteiger partial charge in [-0.2, -0.15) is 0 Å². The fourth-order valence-corrected chi connectivity index (χ4v) is 13.5. The van der Waals surface area contributed by atoms with Gasteiger partial charge in [0.05, 0.1) is 16.4 Å². The standard InChI is InChI=1S/C72H76BN3O/c1-67(2,3)43-21-28-47(29-22-43)74(48-30-23-44(24-31-48)68(4,5)6)50-34-36-57-52(40-50)61-62-51-19-17-18-20-60(51)77-66(62)63-53-41-54-55(72(15,16)38-37-71(54,13)14)42-59(53)75-58-35-27-46(70(10,11)12)39-56(58)73(64(61)65(63)75)76(57)49-32-25-45(26-33-49)69(7,8)9/h17-36,39-42H,37-38H2,1-16H3. The first kappa shape index (κ1) is 49.6. The molecule has 2 aromatic heterocycles. The van der Waals surface area contributed by atoms with Crippen LogP contribution in [0.4, 0.5) is 28.4 Å². The summed E-state index contributed by atoms with van der Waals surface area (Å²) in [5, 5.41) is 4.82. The highest BCUT2D eigenvalue weighted by Crippen LogP contribution is 2.55. The van der Waals surface area contributed by atoms with Gasteiger partial charge in [0.2, 0.25) is 0 Å². The Kier molecular flexibility index (Phi) is 10.5. The number of benzene rings is 8. The van der Waals surface area contributed by atoms with Gasteiger partial charge < -0.3 is 18.7 Å². The number of para-hydroxylation sites is 1. The zero-order chi connectivity index (χ0) is 54.3. The normalized spacial score (nSPS) is 15.8. The Balaban J connectivity index is 1.21. The molecule has 8 aromatic carbocycles. The van der Waals surface area contributed by atoms with E-state index < -0.39 is 0 Å². The molecule has 0 radical (unpaired) electrons. The third kappa shape index (κ3) is 7.52. The topological polar surface area (TPSA) is 24.6 Å². The monoisotopic (exact) mass is 1010 g/mol. The summed E-state index contributed by atoms with van der Waals surface area (Å²) in [6, 6.07) is 56.8. The summed E-state index contributed by atoms with van der Waals surface area (Å²) >= 11 is 0. The number of furan rings is 1. The lowest BCUT2D eigenvalue weighted by atomic mass is 9.43. The smallest absolute Gasteiger partial charge is 0.333 e. The summed E-state index contributed by atoms with van der Waals surface area (Å²) in [7, 11) is 0. The maximum absolute atomic E-state index is 7.43. The molecule has 0 atom stereocenters. The Morgan fingerprint density at radius 3 is 1.57 bits per heavy atom. The number of aromatic nitrogens is 1. The Morgan fingerprint density at radius 2 is 1.00 bits per heavy atom. The van der Waals surface area contributed by atoms with E-state index in [2.05, 4.69) is 271 Å². The van der Waals surface area contributed by atoms with Crippen LogP contribution in [-0.2, 0) is 32.5 Å². The van der Waals surface area contributed by atoms with Crippen molar-refractivity contribution < 1.29 is 4.42 Å². The van der Waals surface area contributed by atoms with Gasteiger partial charge in [0, 0.05) is 55.8 Å². The highest BCUT2D eigenvalue weighted by atomic mass is 16.3. The van der Waals surface area contributed by atoms with Crippen LogP contribution in [0.3, 0.4) is 0 Å². The van der Waals surface area contributed by atoms with Crippen molar-refractivity contribution >= 4 is 90.0 Å². The van der Waals surface area contributed by atoms with Gasteiger partial charge >= 0.3 is 6.85 Å². The zero-order valence-corrected chi connectivity index (χ0v) is 48.6. The number of hydrogen-bond acceptors (Lipinski definition) is 3. The minimum atomic E-state index is -0.160. The summed E-state index contributed by atoms with van der Waals surface area (Å²) in [6.45, 7) is 37.5. The van der Waals surface area contributed by atoms with E-state index in [-0.39, 0.29) is 39.3 Å². The van der Waals surface area contributed by atoms with Gasteiger partial charge in [-0.15, -0.1) is 0 Å². The van der Waals surface area contributed by atoms with E-state index in [1.807, 2.05) is 0 Å². The third-order valence-corrected chi connectivity index (χ3v) is 18.3. The molecule has 0 fully saturated rings. The molecule has 13 rings (SSSR count). The number of anilines is 5. The van der Waals surface area contributed by atoms with Gasteiger partial charge in [-0.3, -0.25) is 0 Å². The maximum Gasteiger partial charge on any atom is 0.333 e. The molecule has 0 N–H and O–H groups in total. The van der Waals surface area contributed by atoms with E-state index in [9.17, 15) is 0 Å². The van der Waals surface area contributed by atoms with E-state index in [1.165, 1.54) is 99.7 Å². The number of hydrogen-bond donors (Lipinski definition) is 0. The first-order valence-corrected chi connectivity index (χ1v) is 28.4. The Hall–Kier alpha value is -6.98. The highest BCUT2D eigenvalue weighted by Gasteiger charge is 2.47. The molecular weight excluding hydrogens is 934 g/mol. The second-order valence-electron chi connectivity index (χ2n) is 28.6. The van der Waals surface area contributed by atoms with Crippen LogP contribution in [0.1, 0.15) is 157 Å². The highest BCUT2D eigenvalue weighted by molar-refractivity contribution is 6.94. The average molecular weight is 1010 g/mol. The van der Waals surface area contributed by atoms with Crippen molar-refractivity contribution in [2.24, 2.45) is 0 Å². The van der Waals surface area contributed by atoms with Gasteiger partial charge in [0.15, 0.2) is 0 Å². The predicted octanol–water partition coefficient (Wildman–Crippen LogP) is 18.9. The Morgan fingerprint density at radius 1 is 0.494 bits per heavy atom. The molecule has 4 nitrogen and oxygen atoms in total. The van der Waals surface area contributed by atoms with Crippen LogP contribution in [0.15, 0.2) is 150 Å². The molecule has 0 bridgehead atoms. The van der Waals surface area contributed by atoms with Gasteiger partial charge in [0.25, 0.3) is 0 Å². The molecule has 2 aliphatic heterocycles. The van der Waals surface area contributed by atoms with E-state index >= 15 is 0 Å². The minimum Gasteiger partial charge on any atom is -0.455 e. The lowest BCUT2D eigenvalue weighted by molar-refractivity contribution is 0.332. The maximum atomic E-state index is 7.43. The Labute approximate surface area is 458 Å². The van der Waals surface area contributed by atoms with Gasteiger partial charge in [-0.05, 0) is 174 Å². The predicted molar refractivity (Wildman–Crippen MR) is 332 cm³/mol. The van der Waals surface area contributed by atoms with Crippen molar-refractivity contribution in [3.8, 4) is 16.8 Å². The van der Waals surface area contributed by atoms with Crippen molar-refractivity contribution in [2.75, 3.05) is 9.71 Å². The first-order valence-electron chi connectivity index (χ1n) is 28.4. The Bertz CT molecular complexity index is 4000. The minimum absolute atomic E-state index is 0.00184. The second kappa shape index (κ2) is 16.3. The van der Waals surface area contributed by atoms with Crippen LogP contribution >= 0.6 is 0 Å². The first-order chi connectivity index (χ1) is 36.2. The van der Waals surface area contributed by atoms with E-state index in [4.69, 9.17) is 4.42 Å². The summed E-state index contributed by atoms with van der Waals surface area (Å²) in [6.07, 6.45) is 2.30. The lowest BCUT2D eigenvalue weighted by Crippen LogP contribution is -2.60. The quantitative estimate of drug-likeness (QED) is 0.164. The molecule has 388 valence electrons. The van der Waals surface area contributed by atoms with Crippen molar-refractivity contribution in [2.45, 2.75) is 156 Å². The van der Waals surface area contributed by atoms with E-state index in [1.54, 1.807) is 0 Å². The molecule has 3 aliphatic rings. The van der Waals surface area contributed by atoms with Gasteiger partial charge in [0.1, 0.15) is 11.2 Å². The molecule has 0 saturated carbocycles. The molecule has 10 aromatic rings.